The average molecular weight is 585 g/mol. The molecule has 5 rings (SSSR count). The second kappa shape index (κ2) is 10.9. The molecule has 2 heterocycles. The van der Waals surface area contributed by atoms with Crippen LogP contribution in [0.25, 0.3) is 21.9 Å². The van der Waals surface area contributed by atoms with Crippen LogP contribution < -0.4 is 16.6 Å². The minimum atomic E-state index is -4.08. The van der Waals surface area contributed by atoms with E-state index in [0.29, 0.717) is 36.1 Å². The first-order valence-corrected chi connectivity index (χ1v) is 15.4. The van der Waals surface area contributed by atoms with Crippen LogP contribution in [0, 0.1) is 18.2 Å². The fraction of sp³-hybridized carbons (Fsp3) is 0.467. The molecule has 4 N–H and O–H groups in total. The van der Waals surface area contributed by atoms with E-state index in [1.54, 1.807) is 45.0 Å². The summed E-state index contributed by atoms with van der Waals surface area (Å²) < 4.78 is 46.0. The number of nitrogens with two attached hydrogens (primary N) is 1. The molecule has 1 amide bonds. The second-order valence-corrected chi connectivity index (χ2v) is 13.9. The molecule has 220 valence electrons. The molecule has 0 bridgehead atoms. The predicted octanol–water partition coefficient (Wildman–Crippen LogP) is 3.14. The van der Waals surface area contributed by atoms with Crippen molar-refractivity contribution in [2.75, 3.05) is 19.7 Å². The summed E-state index contributed by atoms with van der Waals surface area (Å²) in [6.07, 6.45) is 4.45. The van der Waals surface area contributed by atoms with Crippen molar-refractivity contribution < 1.29 is 22.7 Å². The molecule has 1 atom stereocenters. The van der Waals surface area contributed by atoms with Crippen LogP contribution in [0.1, 0.15) is 55.5 Å². The van der Waals surface area contributed by atoms with E-state index in [9.17, 15) is 23.1 Å². The Kier molecular flexibility index (Phi) is 7.84. The zero-order valence-corrected chi connectivity index (χ0v) is 24.4. The molecule has 0 radical (unpaired) electrons. The maximum atomic E-state index is 15.0. The lowest BCUT2D eigenvalue weighted by Gasteiger charge is -2.26. The number of carbonyl (C=O) groups is 1. The lowest BCUT2D eigenvalue weighted by atomic mass is 9.94. The van der Waals surface area contributed by atoms with Gasteiger partial charge in [-0.3, -0.25) is 9.59 Å². The second-order valence-electron chi connectivity index (χ2n) is 12.0. The van der Waals surface area contributed by atoms with E-state index in [4.69, 9.17) is 5.73 Å². The van der Waals surface area contributed by atoms with Crippen molar-refractivity contribution >= 4 is 26.7 Å². The molecular formula is C30H37FN4O5S. The number of nitrogens with zero attached hydrogens (tertiary/aromatic N) is 2. The lowest BCUT2D eigenvalue weighted by Crippen LogP contribution is -2.40. The summed E-state index contributed by atoms with van der Waals surface area (Å²) in [6.45, 7) is 5.56. The van der Waals surface area contributed by atoms with E-state index < -0.39 is 26.8 Å². The fourth-order valence-corrected chi connectivity index (χ4v) is 7.37. The minimum absolute atomic E-state index is 0.0520. The average Bonchev–Trinajstić information content (AvgIpc) is 3.61. The van der Waals surface area contributed by atoms with Crippen LogP contribution in [0.2, 0.25) is 0 Å². The third kappa shape index (κ3) is 5.68. The number of carbonyl (C=O) groups excluding carboxylic acids is 1. The Labute approximate surface area is 239 Å². The first-order chi connectivity index (χ1) is 19.4. The van der Waals surface area contributed by atoms with E-state index in [0.717, 1.165) is 12.8 Å². The summed E-state index contributed by atoms with van der Waals surface area (Å²) in [7, 11) is -4.08. The summed E-state index contributed by atoms with van der Waals surface area (Å²) >= 11 is 0. The number of hydrogen-bond acceptors (Lipinski definition) is 6. The van der Waals surface area contributed by atoms with Crippen LogP contribution in [0.3, 0.4) is 0 Å². The monoisotopic (exact) mass is 584 g/mol. The summed E-state index contributed by atoms with van der Waals surface area (Å²) in [5.41, 5.74) is 6.23. The van der Waals surface area contributed by atoms with Gasteiger partial charge in [0.2, 0.25) is 10.0 Å². The van der Waals surface area contributed by atoms with Gasteiger partial charge in [0.1, 0.15) is 10.7 Å². The molecule has 3 aromatic rings. The zero-order chi connectivity index (χ0) is 29.7. The van der Waals surface area contributed by atoms with Crippen molar-refractivity contribution in [1.29, 1.82) is 0 Å². The Morgan fingerprint density at radius 1 is 1.17 bits per heavy atom. The molecule has 2 aromatic carbocycles. The van der Waals surface area contributed by atoms with Crippen molar-refractivity contribution in [2.24, 2.45) is 11.1 Å². The highest BCUT2D eigenvalue weighted by Gasteiger charge is 2.36. The minimum Gasteiger partial charge on any atom is -0.396 e. The van der Waals surface area contributed by atoms with Crippen LogP contribution >= 0.6 is 0 Å². The molecular weight excluding hydrogens is 547 g/mol. The number of sulfonamides is 1. The number of aliphatic hydroxyl groups is 1. The maximum absolute atomic E-state index is 15.0. The van der Waals surface area contributed by atoms with Gasteiger partial charge in [-0.15, -0.1) is 0 Å². The SMILES string of the molecule is Cc1c(F)cc(C(=O)NC2CC2)cc1-c1ccc2c(=O)n(CC(C)(C)CO)cc(S(=O)(=O)N3CCC[C@@H]3CN)c2c1. The van der Waals surface area contributed by atoms with Crippen LogP contribution in [0.4, 0.5) is 4.39 Å². The third-order valence-electron chi connectivity index (χ3n) is 8.09. The first-order valence-electron chi connectivity index (χ1n) is 14.0. The predicted molar refractivity (Wildman–Crippen MR) is 156 cm³/mol. The van der Waals surface area contributed by atoms with Gasteiger partial charge in [0, 0.05) is 66.3 Å². The van der Waals surface area contributed by atoms with Crippen molar-refractivity contribution in [2.45, 2.75) is 70.0 Å². The van der Waals surface area contributed by atoms with Crippen LogP contribution in [0.5, 0.6) is 0 Å². The Hall–Kier alpha value is -3.12. The van der Waals surface area contributed by atoms with Crippen LogP contribution in [-0.4, -0.2) is 60.1 Å². The van der Waals surface area contributed by atoms with E-state index in [2.05, 4.69) is 5.32 Å². The van der Waals surface area contributed by atoms with E-state index in [-0.39, 0.29) is 58.9 Å². The highest BCUT2D eigenvalue weighted by atomic mass is 32.2. The Balaban J connectivity index is 1.72. The van der Waals surface area contributed by atoms with Gasteiger partial charge < -0.3 is 20.7 Å². The van der Waals surface area contributed by atoms with Crippen molar-refractivity contribution in [3.8, 4) is 11.1 Å². The fourth-order valence-electron chi connectivity index (χ4n) is 5.45. The first kappa shape index (κ1) is 29.4. The van der Waals surface area contributed by atoms with Crippen molar-refractivity contribution in [3.63, 3.8) is 0 Å². The van der Waals surface area contributed by atoms with Gasteiger partial charge >= 0.3 is 0 Å². The molecule has 0 spiro atoms. The molecule has 9 nitrogen and oxygen atoms in total. The summed E-state index contributed by atoms with van der Waals surface area (Å²) in [4.78, 5) is 26.3. The highest BCUT2D eigenvalue weighted by molar-refractivity contribution is 7.89. The largest absolute Gasteiger partial charge is 0.396 e. The molecule has 1 saturated heterocycles. The number of aromatic nitrogens is 1. The standard InChI is InChI=1S/C30H37FN4O5S/c1-18-24(12-20(13-26(18)31)28(37)33-21-7-8-21)19-6-9-23-25(11-19)27(15-34(29(23)38)16-30(2,3)17-36)41(39,40)35-10-4-5-22(35)14-32/h6,9,11-13,15,21-22,36H,4-5,7-8,10,14,16-17,32H2,1-3H3,(H,33,37)/t22-/m1/s1. The summed E-state index contributed by atoms with van der Waals surface area (Å²) in [6, 6.07) is 7.33. The number of benzene rings is 2. The van der Waals surface area contributed by atoms with Crippen LogP contribution in [0.15, 0.2) is 46.2 Å². The number of fused-ring (bicyclic) bond motifs is 1. The molecule has 1 aliphatic carbocycles. The zero-order valence-electron chi connectivity index (χ0n) is 23.6. The molecule has 1 aromatic heterocycles. The quantitative estimate of drug-likeness (QED) is 0.354. The maximum Gasteiger partial charge on any atom is 0.258 e. The number of nitrogens with one attached hydrogen (secondary N) is 1. The number of aliphatic hydroxyl groups excluding tert-OH is 1. The summed E-state index contributed by atoms with van der Waals surface area (Å²) in [5.74, 6) is -0.922. The number of hydrogen-bond donors (Lipinski definition) is 3. The van der Waals surface area contributed by atoms with Gasteiger partial charge in [-0.1, -0.05) is 19.9 Å². The van der Waals surface area contributed by atoms with Crippen molar-refractivity contribution in [1.82, 2.24) is 14.2 Å². The number of halogens is 1. The van der Waals surface area contributed by atoms with E-state index >= 15 is 4.39 Å². The summed E-state index contributed by atoms with van der Waals surface area (Å²) in [5, 5.41) is 13.1. The van der Waals surface area contributed by atoms with Gasteiger partial charge in [-0.2, -0.15) is 4.31 Å². The lowest BCUT2D eigenvalue weighted by molar-refractivity contribution is 0.0950. The van der Waals surface area contributed by atoms with Crippen molar-refractivity contribution in [3.05, 3.63) is 63.8 Å². The number of pyridine rings is 1. The molecule has 2 aliphatic rings. The van der Waals surface area contributed by atoms with E-state index in [1.165, 1.54) is 21.1 Å². The Morgan fingerprint density at radius 2 is 1.90 bits per heavy atom. The molecule has 1 saturated carbocycles. The molecule has 2 fully saturated rings. The van der Waals surface area contributed by atoms with Gasteiger partial charge in [-0.05, 0) is 73.6 Å². The van der Waals surface area contributed by atoms with Gasteiger partial charge in [-0.25, -0.2) is 12.8 Å². The van der Waals surface area contributed by atoms with Crippen LogP contribution in [-0.2, 0) is 16.6 Å². The van der Waals surface area contributed by atoms with Gasteiger partial charge in [0.05, 0.1) is 0 Å². The molecule has 1 aliphatic heterocycles. The number of rotatable bonds is 9. The molecule has 0 unspecified atom stereocenters. The highest BCUT2D eigenvalue weighted by Crippen LogP contribution is 2.34. The number of amides is 1. The Bertz CT molecular complexity index is 1680. The Morgan fingerprint density at radius 3 is 2.56 bits per heavy atom. The van der Waals surface area contributed by atoms with Gasteiger partial charge in [0.15, 0.2) is 0 Å². The van der Waals surface area contributed by atoms with E-state index in [1.807, 2.05) is 0 Å². The van der Waals surface area contributed by atoms with Gasteiger partial charge in [0.25, 0.3) is 11.5 Å². The topological polar surface area (TPSA) is 135 Å². The molecule has 11 heteroatoms. The smallest absolute Gasteiger partial charge is 0.258 e. The normalized spacial score (nSPS) is 18.2. The third-order valence-corrected chi connectivity index (χ3v) is 10.1. The molecule has 41 heavy (non-hydrogen) atoms.